The molecule has 0 aliphatic heterocycles. The van der Waals surface area contributed by atoms with Crippen LogP contribution in [0.15, 0.2) is 53.5 Å². The van der Waals surface area contributed by atoms with E-state index >= 15 is 0 Å². The zero-order valence-corrected chi connectivity index (χ0v) is 17.0. The van der Waals surface area contributed by atoms with E-state index < -0.39 is 11.7 Å². The van der Waals surface area contributed by atoms with Gasteiger partial charge in [-0.2, -0.15) is 9.78 Å². The smallest absolute Gasteiger partial charge is 0.291 e. The Labute approximate surface area is 176 Å². The third-order valence-corrected chi connectivity index (χ3v) is 5.12. The highest BCUT2D eigenvalue weighted by Crippen LogP contribution is 2.26. The van der Waals surface area contributed by atoms with Crippen molar-refractivity contribution in [2.45, 2.75) is 6.10 Å². The normalized spacial score (nSPS) is 11.9. The summed E-state index contributed by atoms with van der Waals surface area (Å²) in [4.78, 5) is 12.2. The molecule has 0 fully saturated rings. The number of hydrogen-bond acceptors (Lipinski definition) is 5. The van der Waals surface area contributed by atoms with Crippen molar-refractivity contribution >= 4 is 40.5 Å². The lowest BCUT2D eigenvalue weighted by atomic mass is 10.1. The molecule has 0 aliphatic rings. The standard InChI is InChI=1S/C19H16Cl3N3O3/c1-28-13-5-2-11(3-6-13)17(26)10-23-16-7-4-12(8-14(16)20)25-19(27)18(22)15(21)9-24-25/h2-9,17,23,26H,10H2,1H3/t17-/m1/s1. The highest BCUT2D eigenvalue weighted by molar-refractivity contribution is 6.41. The Morgan fingerprint density at radius 3 is 2.50 bits per heavy atom. The number of aliphatic hydroxyl groups excluding tert-OH is 1. The number of nitrogens with zero attached hydrogens (tertiary/aromatic N) is 2. The molecular formula is C19H16Cl3N3O3. The summed E-state index contributed by atoms with van der Waals surface area (Å²) in [5.41, 5.74) is 1.24. The average molecular weight is 441 g/mol. The van der Waals surface area contributed by atoms with Gasteiger partial charge < -0.3 is 15.2 Å². The number of aromatic nitrogens is 2. The molecule has 0 amide bonds. The molecule has 3 aromatic rings. The Hall–Kier alpha value is -2.25. The van der Waals surface area contributed by atoms with Crippen molar-refractivity contribution < 1.29 is 9.84 Å². The van der Waals surface area contributed by atoms with Crippen molar-refractivity contribution in [1.82, 2.24) is 9.78 Å². The van der Waals surface area contributed by atoms with E-state index in [2.05, 4.69) is 10.4 Å². The van der Waals surface area contributed by atoms with Gasteiger partial charge >= 0.3 is 0 Å². The fraction of sp³-hybridized carbons (Fsp3) is 0.158. The number of rotatable bonds is 6. The second-order valence-electron chi connectivity index (χ2n) is 5.86. The van der Waals surface area contributed by atoms with Gasteiger partial charge in [0.05, 0.1) is 40.8 Å². The monoisotopic (exact) mass is 439 g/mol. The number of nitrogens with one attached hydrogen (secondary N) is 1. The van der Waals surface area contributed by atoms with Crippen molar-refractivity contribution in [3.05, 3.63) is 79.6 Å². The summed E-state index contributed by atoms with van der Waals surface area (Å²) >= 11 is 18.0. The molecule has 0 radical (unpaired) electrons. The second kappa shape index (κ2) is 8.84. The first-order chi connectivity index (χ1) is 13.4. The van der Waals surface area contributed by atoms with Gasteiger partial charge in [-0.15, -0.1) is 0 Å². The molecule has 6 nitrogen and oxygen atoms in total. The molecule has 9 heteroatoms. The van der Waals surface area contributed by atoms with Gasteiger partial charge in [0.15, 0.2) is 0 Å². The number of methoxy groups -OCH3 is 1. The predicted octanol–water partition coefficient (Wildman–Crippen LogP) is 4.35. The molecule has 146 valence electrons. The van der Waals surface area contributed by atoms with Gasteiger partial charge in [-0.3, -0.25) is 4.79 Å². The molecule has 1 heterocycles. The lowest BCUT2D eigenvalue weighted by Gasteiger charge is -2.15. The van der Waals surface area contributed by atoms with E-state index in [9.17, 15) is 9.90 Å². The Morgan fingerprint density at radius 2 is 1.86 bits per heavy atom. The molecule has 0 spiro atoms. The Morgan fingerprint density at radius 1 is 1.14 bits per heavy atom. The van der Waals surface area contributed by atoms with Gasteiger partial charge in [0.1, 0.15) is 10.8 Å². The minimum absolute atomic E-state index is 0.0832. The van der Waals surface area contributed by atoms with E-state index in [4.69, 9.17) is 39.5 Å². The minimum atomic E-state index is -0.735. The van der Waals surface area contributed by atoms with Crippen molar-refractivity contribution in [2.75, 3.05) is 19.0 Å². The van der Waals surface area contributed by atoms with Crippen molar-refractivity contribution in [1.29, 1.82) is 0 Å². The van der Waals surface area contributed by atoms with Crippen LogP contribution in [0, 0.1) is 0 Å². The van der Waals surface area contributed by atoms with Gasteiger partial charge in [0.2, 0.25) is 0 Å². The van der Waals surface area contributed by atoms with E-state index in [-0.39, 0.29) is 16.6 Å². The number of aliphatic hydroxyl groups is 1. The first-order valence-corrected chi connectivity index (χ1v) is 9.33. The van der Waals surface area contributed by atoms with Gasteiger partial charge in [0, 0.05) is 6.54 Å². The number of anilines is 1. The van der Waals surface area contributed by atoms with Gasteiger partial charge in [-0.05, 0) is 35.9 Å². The SMILES string of the molecule is COc1ccc([C@H](O)CNc2ccc(-n3ncc(Cl)c(Cl)c3=O)cc2Cl)cc1. The van der Waals surface area contributed by atoms with Crippen molar-refractivity contribution in [3.63, 3.8) is 0 Å². The molecule has 3 rings (SSSR count). The fourth-order valence-corrected chi connectivity index (χ4v) is 3.02. The number of ether oxygens (including phenoxy) is 1. The maximum atomic E-state index is 12.2. The Bertz CT molecular complexity index is 1040. The third kappa shape index (κ3) is 4.42. The van der Waals surface area contributed by atoms with Crippen LogP contribution in [0.2, 0.25) is 15.1 Å². The Kier molecular flexibility index (Phi) is 6.46. The third-order valence-electron chi connectivity index (χ3n) is 4.06. The molecule has 28 heavy (non-hydrogen) atoms. The summed E-state index contributed by atoms with van der Waals surface area (Å²) in [7, 11) is 1.58. The van der Waals surface area contributed by atoms with Crippen LogP contribution in [-0.4, -0.2) is 28.5 Å². The van der Waals surface area contributed by atoms with Gasteiger partial charge in [0.25, 0.3) is 5.56 Å². The average Bonchev–Trinajstić information content (AvgIpc) is 2.71. The lowest BCUT2D eigenvalue weighted by Crippen LogP contribution is -2.21. The predicted molar refractivity (Wildman–Crippen MR) is 111 cm³/mol. The van der Waals surface area contributed by atoms with Crippen LogP contribution in [0.5, 0.6) is 5.75 Å². The van der Waals surface area contributed by atoms with E-state index in [0.29, 0.717) is 22.1 Å². The summed E-state index contributed by atoms with van der Waals surface area (Å²) in [5, 5.41) is 17.7. The van der Waals surface area contributed by atoms with E-state index in [0.717, 1.165) is 10.2 Å². The summed E-state index contributed by atoms with van der Waals surface area (Å²) in [6, 6.07) is 12.1. The first kappa shape index (κ1) is 20.5. The molecule has 1 atom stereocenters. The van der Waals surface area contributed by atoms with Crippen LogP contribution >= 0.6 is 34.8 Å². The van der Waals surface area contributed by atoms with Crippen LogP contribution in [0.1, 0.15) is 11.7 Å². The second-order valence-corrected chi connectivity index (χ2v) is 7.05. The fourth-order valence-electron chi connectivity index (χ4n) is 2.53. The molecule has 0 unspecified atom stereocenters. The highest BCUT2D eigenvalue weighted by Gasteiger charge is 2.12. The minimum Gasteiger partial charge on any atom is -0.497 e. The summed E-state index contributed by atoms with van der Waals surface area (Å²) in [6.07, 6.45) is 0.553. The van der Waals surface area contributed by atoms with Crippen LogP contribution in [0.4, 0.5) is 5.69 Å². The number of hydrogen-bond donors (Lipinski definition) is 2. The largest absolute Gasteiger partial charge is 0.497 e. The molecule has 0 saturated carbocycles. The van der Waals surface area contributed by atoms with E-state index in [1.165, 1.54) is 6.20 Å². The van der Waals surface area contributed by atoms with Crippen LogP contribution in [0.25, 0.3) is 5.69 Å². The molecule has 0 aliphatic carbocycles. The van der Waals surface area contributed by atoms with Gasteiger partial charge in [-0.1, -0.05) is 46.9 Å². The van der Waals surface area contributed by atoms with Crippen LogP contribution in [0.3, 0.4) is 0 Å². The molecular weight excluding hydrogens is 425 g/mol. The number of benzene rings is 2. The summed E-state index contributed by atoms with van der Waals surface area (Å²) in [6.45, 7) is 0.246. The zero-order chi connectivity index (χ0) is 20.3. The topological polar surface area (TPSA) is 76.4 Å². The highest BCUT2D eigenvalue weighted by atomic mass is 35.5. The zero-order valence-electron chi connectivity index (χ0n) is 14.7. The quantitative estimate of drug-likeness (QED) is 0.596. The number of halogens is 3. The molecule has 2 aromatic carbocycles. The Balaban J connectivity index is 1.74. The van der Waals surface area contributed by atoms with E-state index in [1.807, 2.05) is 0 Å². The van der Waals surface area contributed by atoms with Crippen molar-refractivity contribution in [3.8, 4) is 11.4 Å². The lowest BCUT2D eigenvalue weighted by molar-refractivity contribution is 0.191. The molecule has 1 aromatic heterocycles. The summed E-state index contributed by atoms with van der Waals surface area (Å²) in [5.74, 6) is 0.716. The maximum absolute atomic E-state index is 12.2. The van der Waals surface area contributed by atoms with Crippen LogP contribution in [-0.2, 0) is 0 Å². The maximum Gasteiger partial charge on any atom is 0.291 e. The molecule has 0 bridgehead atoms. The van der Waals surface area contributed by atoms with Crippen molar-refractivity contribution in [2.24, 2.45) is 0 Å². The van der Waals surface area contributed by atoms with Gasteiger partial charge in [-0.25, -0.2) is 0 Å². The molecule has 0 saturated heterocycles. The summed E-state index contributed by atoms with van der Waals surface area (Å²) < 4.78 is 6.21. The van der Waals surface area contributed by atoms with E-state index in [1.54, 1.807) is 49.6 Å². The molecule has 2 N–H and O–H groups in total. The first-order valence-electron chi connectivity index (χ1n) is 8.20. The van der Waals surface area contributed by atoms with Crippen LogP contribution < -0.4 is 15.6 Å².